The molecule has 2 aromatic rings. The highest BCUT2D eigenvalue weighted by molar-refractivity contribution is 5.43. The van der Waals surface area contributed by atoms with Crippen molar-refractivity contribution in [2.24, 2.45) is 0 Å². The fourth-order valence-corrected chi connectivity index (χ4v) is 2.13. The van der Waals surface area contributed by atoms with Gasteiger partial charge in [-0.15, -0.1) is 0 Å². The molecule has 0 aromatic heterocycles. The van der Waals surface area contributed by atoms with Gasteiger partial charge in [-0.2, -0.15) is 0 Å². The summed E-state index contributed by atoms with van der Waals surface area (Å²) in [6.07, 6.45) is 0. The molecule has 19 heavy (non-hydrogen) atoms. The van der Waals surface area contributed by atoms with Gasteiger partial charge < -0.3 is 9.47 Å². The molecule has 0 amide bonds. The molecule has 0 aliphatic heterocycles. The summed E-state index contributed by atoms with van der Waals surface area (Å²) in [6.45, 7) is 4.29. The Hall–Kier alpha value is -1.96. The van der Waals surface area contributed by atoms with Crippen LogP contribution in [0.2, 0.25) is 0 Å². The van der Waals surface area contributed by atoms with E-state index in [1.165, 1.54) is 16.7 Å². The first-order chi connectivity index (χ1) is 9.13. The predicted octanol–water partition coefficient (Wildman–Crippen LogP) is 4.16. The Bertz CT molecular complexity index is 521. The number of hydrogen-bond donors (Lipinski definition) is 0. The largest absolute Gasteiger partial charge is 0.497 e. The lowest BCUT2D eigenvalue weighted by atomic mass is 9.92. The number of methoxy groups -OCH3 is 2. The third-order valence-electron chi connectivity index (χ3n) is 3.45. The number of ether oxygens (including phenoxy) is 2. The minimum absolute atomic E-state index is 0.310. The molecule has 2 nitrogen and oxygen atoms in total. The molecule has 0 saturated carbocycles. The second kappa shape index (κ2) is 5.79. The van der Waals surface area contributed by atoms with E-state index in [1.807, 2.05) is 6.07 Å². The SMILES string of the molecule is COc1cc(OC)cc(C(C)c2ccc(C)cc2)c1. The summed E-state index contributed by atoms with van der Waals surface area (Å²) < 4.78 is 10.6. The van der Waals surface area contributed by atoms with Gasteiger partial charge in [0, 0.05) is 12.0 Å². The van der Waals surface area contributed by atoms with Crippen LogP contribution in [0.1, 0.15) is 29.5 Å². The van der Waals surface area contributed by atoms with E-state index < -0.39 is 0 Å². The van der Waals surface area contributed by atoms with Crippen molar-refractivity contribution in [1.29, 1.82) is 0 Å². The van der Waals surface area contributed by atoms with Crippen molar-refractivity contribution in [2.75, 3.05) is 14.2 Å². The summed E-state index contributed by atoms with van der Waals surface area (Å²) in [7, 11) is 3.35. The minimum Gasteiger partial charge on any atom is -0.497 e. The van der Waals surface area contributed by atoms with Gasteiger partial charge >= 0.3 is 0 Å². The van der Waals surface area contributed by atoms with Gasteiger partial charge in [-0.1, -0.05) is 36.8 Å². The predicted molar refractivity (Wildman–Crippen MR) is 78.2 cm³/mol. The van der Waals surface area contributed by atoms with E-state index in [4.69, 9.17) is 9.47 Å². The van der Waals surface area contributed by atoms with Crippen molar-refractivity contribution in [2.45, 2.75) is 19.8 Å². The number of aryl methyl sites for hydroxylation is 1. The molecule has 2 aromatic carbocycles. The topological polar surface area (TPSA) is 18.5 Å². The van der Waals surface area contributed by atoms with Crippen LogP contribution in [0.25, 0.3) is 0 Å². The summed E-state index contributed by atoms with van der Waals surface area (Å²) in [4.78, 5) is 0. The highest BCUT2D eigenvalue weighted by Crippen LogP contribution is 2.31. The van der Waals surface area contributed by atoms with Gasteiger partial charge in [-0.25, -0.2) is 0 Å². The first kappa shape index (κ1) is 13.5. The van der Waals surface area contributed by atoms with Crippen LogP contribution in [0.3, 0.4) is 0 Å². The summed E-state index contributed by atoms with van der Waals surface area (Å²) in [5.41, 5.74) is 3.76. The Morgan fingerprint density at radius 2 is 1.32 bits per heavy atom. The molecule has 0 heterocycles. The maximum atomic E-state index is 5.32. The Balaban J connectivity index is 2.37. The Morgan fingerprint density at radius 3 is 1.79 bits per heavy atom. The summed E-state index contributed by atoms with van der Waals surface area (Å²) in [6, 6.07) is 14.6. The molecule has 0 aliphatic rings. The fraction of sp³-hybridized carbons (Fsp3) is 0.294. The molecule has 2 heteroatoms. The van der Waals surface area contributed by atoms with Crippen LogP contribution in [-0.2, 0) is 0 Å². The van der Waals surface area contributed by atoms with Crippen LogP contribution in [0.15, 0.2) is 42.5 Å². The number of benzene rings is 2. The zero-order valence-corrected chi connectivity index (χ0v) is 11.9. The van der Waals surface area contributed by atoms with Gasteiger partial charge in [0.05, 0.1) is 14.2 Å². The fourth-order valence-electron chi connectivity index (χ4n) is 2.13. The first-order valence-electron chi connectivity index (χ1n) is 6.43. The molecule has 0 N–H and O–H groups in total. The van der Waals surface area contributed by atoms with E-state index in [1.54, 1.807) is 14.2 Å². The summed E-state index contributed by atoms with van der Waals surface area (Å²) in [5.74, 6) is 1.96. The minimum atomic E-state index is 0.310. The number of hydrogen-bond acceptors (Lipinski definition) is 2. The maximum absolute atomic E-state index is 5.32. The zero-order chi connectivity index (χ0) is 13.8. The zero-order valence-electron chi connectivity index (χ0n) is 11.9. The van der Waals surface area contributed by atoms with Crippen LogP contribution in [0, 0.1) is 6.92 Å². The van der Waals surface area contributed by atoms with Crippen LogP contribution < -0.4 is 9.47 Å². The maximum Gasteiger partial charge on any atom is 0.122 e. The average molecular weight is 256 g/mol. The first-order valence-corrected chi connectivity index (χ1v) is 6.43. The Labute approximate surface area is 115 Å². The van der Waals surface area contributed by atoms with E-state index in [0.29, 0.717) is 5.92 Å². The molecular weight excluding hydrogens is 236 g/mol. The van der Waals surface area contributed by atoms with Crippen LogP contribution in [-0.4, -0.2) is 14.2 Å². The Kier molecular flexibility index (Phi) is 4.10. The van der Waals surface area contributed by atoms with Gasteiger partial charge in [0.15, 0.2) is 0 Å². The molecule has 0 radical (unpaired) electrons. The van der Waals surface area contributed by atoms with E-state index in [9.17, 15) is 0 Å². The van der Waals surface area contributed by atoms with E-state index in [0.717, 1.165) is 11.5 Å². The lowest BCUT2D eigenvalue weighted by molar-refractivity contribution is 0.393. The lowest BCUT2D eigenvalue weighted by Gasteiger charge is -2.15. The molecule has 100 valence electrons. The molecule has 0 spiro atoms. The second-order valence-electron chi connectivity index (χ2n) is 4.78. The molecule has 0 fully saturated rings. The van der Waals surface area contributed by atoms with Gasteiger partial charge in [0.25, 0.3) is 0 Å². The molecular formula is C17H20O2. The van der Waals surface area contributed by atoms with Gasteiger partial charge in [-0.05, 0) is 30.2 Å². The van der Waals surface area contributed by atoms with E-state index in [-0.39, 0.29) is 0 Å². The van der Waals surface area contributed by atoms with E-state index >= 15 is 0 Å². The summed E-state index contributed by atoms with van der Waals surface area (Å²) in [5, 5.41) is 0. The molecule has 0 aliphatic carbocycles. The van der Waals surface area contributed by atoms with Crippen molar-refractivity contribution in [3.63, 3.8) is 0 Å². The molecule has 2 rings (SSSR count). The van der Waals surface area contributed by atoms with Crippen molar-refractivity contribution >= 4 is 0 Å². The van der Waals surface area contributed by atoms with Crippen molar-refractivity contribution in [3.8, 4) is 11.5 Å². The van der Waals surface area contributed by atoms with Gasteiger partial charge in [0.1, 0.15) is 11.5 Å². The van der Waals surface area contributed by atoms with E-state index in [2.05, 4.69) is 50.2 Å². The smallest absolute Gasteiger partial charge is 0.122 e. The Morgan fingerprint density at radius 1 is 0.789 bits per heavy atom. The summed E-state index contributed by atoms with van der Waals surface area (Å²) >= 11 is 0. The third kappa shape index (κ3) is 3.08. The van der Waals surface area contributed by atoms with Crippen molar-refractivity contribution in [3.05, 3.63) is 59.2 Å². The van der Waals surface area contributed by atoms with Gasteiger partial charge in [0.2, 0.25) is 0 Å². The molecule has 1 atom stereocenters. The number of rotatable bonds is 4. The monoisotopic (exact) mass is 256 g/mol. The average Bonchev–Trinajstić information content (AvgIpc) is 2.46. The van der Waals surface area contributed by atoms with Crippen LogP contribution >= 0.6 is 0 Å². The van der Waals surface area contributed by atoms with Crippen LogP contribution in [0.5, 0.6) is 11.5 Å². The normalized spacial score (nSPS) is 12.0. The van der Waals surface area contributed by atoms with Gasteiger partial charge in [-0.3, -0.25) is 0 Å². The molecule has 0 saturated heterocycles. The third-order valence-corrected chi connectivity index (χ3v) is 3.45. The lowest BCUT2D eigenvalue weighted by Crippen LogP contribution is -1.98. The standard InChI is InChI=1S/C17H20O2/c1-12-5-7-14(8-6-12)13(2)15-9-16(18-3)11-17(10-15)19-4/h5-11,13H,1-4H3. The highest BCUT2D eigenvalue weighted by Gasteiger charge is 2.11. The molecule has 1 unspecified atom stereocenters. The van der Waals surface area contributed by atoms with Crippen LogP contribution in [0.4, 0.5) is 0 Å². The highest BCUT2D eigenvalue weighted by atomic mass is 16.5. The molecule has 0 bridgehead atoms. The van der Waals surface area contributed by atoms with Crippen molar-refractivity contribution < 1.29 is 9.47 Å². The second-order valence-corrected chi connectivity index (χ2v) is 4.78. The van der Waals surface area contributed by atoms with Crippen molar-refractivity contribution in [1.82, 2.24) is 0 Å². The quantitative estimate of drug-likeness (QED) is 0.817.